The molecule has 1 aromatic rings. The van der Waals surface area contributed by atoms with Crippen molar-refractivity contribution >= 4 is 0 Å². The van der Waals surface area contributed by atoms with Crippen LogP contribution in [0.2, 0.25) is 0 Å². The van der Waals surface area contributed by atoms with E-state index in [1.165, 1.54) is 0 Å². The Hall–Kier alpha value is -2.52. The van der Waals surface area contributed by atoms with Crippen LogP contribution in [-0.2, 0) is 6.42 Å². The summed E-state index contributed by atoms with van der Waals surface area (Å²) in [5.41, 5.74) is 0.915. The summed E-state index contributed by atoms with van der Waals surface area (Å²) in [7, 11) is 4.85. The van der Waals surface area contributed by atoms with E-state index >= 15 is 0 Å². The van der Waals surface area contributed by atoms with Gasteiger partial charge in [0.05, 0.1) is 27.8 Å². The summed E-state index contributed by atoms with van der Waals surface area (Å²) in [5, 5.41) is 0. The lowest BCUT2D eigenvalue weighted by Gasteiger charge is -2.13. The average Bonchev–Trinajstić information content (AvgIpc) is 2.56. The predicted octanol–water partition coefficient (Wildman–Crippen LogP) is 3.62. The number of hydrogen-bond acceptors (Lipinski definition) is 3. The van der Waals surface area contributed by atoms with Crippen molar-refractivity contribution < 1.29 is 14.2 Å². The van der Waals surface area contributed by atoms with E-state index in [2.05, 4.69) is 30.3 Å². The van der Waals surface area contributed by atoms with E-state index in [1.807, 2.05) is 18.2 Å². The molecule has 0 bridgehead atoms. The van der Waals surface area contributed by atoms with E-state index in [4.69, 9.17) is 14.2 Å². The Labute approximate surface area is 133 Å². The summed E-state index contributed by atoms with van der Waals surface area (Å²) in [5.74, 6) is 14.4. The van der Waals surface area contributed by atoms with Crippen molar-refractivity contribution in [2.45, 2.75) is 25.7 Å². The van der Waals surface area contributed by atoms with Gasteiger partial charge in [0, 0.05) is 30.5 Å². The number of hydrogen-bond donors (Lipinski definition) is 0. The minimum Gasteiger partial charge on any atom is -0.496 e. The molecule has 1 rings (SSSR count). The van der Waals surface area contributed by atoms with Crippen LogP contribution in [0.4, 0.5) is 0 Å². The van der Waals surface area contributed by atoms with Crippen molar-refractivity contribution in [1.29, 1.82) is 0 Å². The first-order valence-corrected chi connectivity index (χ1v) is 7.08. The molecule has 1 aromatic carbocycles. The Balaban J connectivity index is 2.76. The molecule has 0 aromatic heterocycles. The third-order valence-electron chi connectivity index (χ3n) is 2.98. The maximum atomic E-state index is 5.39. The standard InChI is InChI=1S/C19H22O3/c1-5-6-7-8-9-10-11-12-13-17-18(21-3)14-16(20-2)15-19(17)22-4/h5,14-15H,1,6-7,10,13H2,2-4H3. The van der Waals surface area contributed by atoms with E-state index in [-0.39, 0.29) is 0 Å². The van der Waals surface area contributed by atoms with Gasteiger partial charge in [0.15, 0.2) is 0 Å². The quantitative estimate of drug-likeness (QED) is 0.456. The summed E-state index contributed by atoms with van der Waals surface area (Å²) in [6, 6.07) is 3.66. The van der Waals surface area contributed by atoms with Gasteiger partial charge in [0.2, 0.25) is 0 Å². The Morgan fingerprint density at radius 1 is 0.955 bits per heavy atom. The second-order valence-electron chi connectivity index (χ2n) is 4.40. The molecule has 0 aliphatic heterocycles. The molecule has 0 amide bonds. The average molecular weight is 298 g/mol. The zero-order valence-electron chi connectivity index (χ0n) is 13.5. The SMILES string of the molecule is C=CCCC#CCC#CCc1c(OC)cc(OC)cc1OC. The monoisotopic (exact) mass is 298 g/mol. The molecule has 3 nitrogen and oxygen atoms in total. The lowest BCUT2D eigenvalue weighted by molar-refractivity contribution is 0.370. The van der Waals surface area contributed by atoms with Gasteiger partial charge < -0.3 is 14.2 Å². The van der Waals surface area contributed by atoms with Crippen molar-refractivity contribution in [3.05, 3.63) is 30.4 Å². The van der Waals surface area contributed by atoms with Crippen molar-refractivity contribution in [3.8, 4) is 40.9 Å². The molecule has 0 saturated carbocycles. The molecule has 0 radical (unpaired) electrons. The lowest BCUT2D eigenvalue weighted by atomic mass is 10.1. The van der Waals surface area contributed by atoms with Gasteiger partial charge in [-0.1, -0.05) is 23.8 Å². The van der Waals surface area contributed by atoms with Crippen molar-refractivity contribution in [2.75, 3.05) is 21.3 Å². The van der Waals surface area contributed by atoms with Gasteiger partial charge in [0.1, 0.15) is 17.2 Å². The Kier molecular flexibility index (Phi) is 8.16. The van der Waals surface area contributed by atoms with Gasteiger partial charge >= 0.3 is 0 Å². The van der Waals surface area contributed by atoms with E-state index in [9.17, 15) is 0 Å². The molecular weight excluding hydrogens is 276 g/mol. The van der Waals surface area contributed by atoms with E-state index < -0.39 is 0 Å². The van der Waals surface area contributed by atoms with E-state index in [0.29, 0.717) is 30.1 Å². The van der Waals surface area contributed by atoms with Crippen LogP contribution >= 0.6 is 0 Å². The van der Waals surface area contributed by atoms with Crippen LogP contribution in [0.15, 0.2) is 24.8 Å². The van der Waals surface area contributed by atoms with Crippen LogP contribution in [0.25, 0.3) is 0 Å². The number of benzene rings is 1. The maximum Gasteiger partial charge on any atom is 0.130 e. The first kappa shape index (κ1) is 17.5. The fraction of sp³-hybridized carbons (Fsp3) is 0.368. The first-order valence-electron chi connectivity index (χ1n) is 7.08. The Morgan fingerprint density at radius 2 is 1.59 bits per heavy atom. The van der Waals surface area contributed by atoms with Gasteiger partial charge in [0.25, 0.3) is 0 Å². The zero-order valence-corrected chi connectivity index (χ0v) is 13.5. The largest absolute Gasteiger partial charge is 0.496 e. The molecule has 0 aliphatic carbocycles. The summed E-state index contributed by atoms with van der Waals surface area (Å²) in [4.78, 5) is 0. The Bertz CT molecular complexity index is 584. The molecule has 0 unspecified atom stereocenters. The molecule has 0 heterocycles. The second-order valence-corrected chi connectivity index (χ2v) is 4.40. The number of unbranched alkanes of at least 4 members (excludes halogenated alkanes) is 1. The molecular formula is C19H22O3. The lowest BCUT2D eigenvalue weighted by Crippen LogP contribution is -1.97. The molecule has 3 heteroatoms. The number of allylic oxidation sites excluding steroid dienone is 1. The van der Waals surface area contributed by atoms with Gasteiger partial charge in [-0.2, -0.15) is 0 Å². The molecule has 0 N–H and O–H groups in total. The van der Waals surface area contributed by atoms with Crippen molar-refractivity contribution in [3.63, 3.8) is 0 Å². The number of ether oxygens (including phenoxy) is 3. The minimum absolute atomic E-state index is 0.546. The summed E-state index contributed by atoms with van der Waals surface area (Å²) >= 11 is 0. The van der Waals surface area contributed by atoms with Crippen LogP contribution in [0.3, 0.4) is 0 Å². The zero-order chi connectivity index (χ0) is 16.2. The second kappa shape index (κ2) is 10.2. The van der Waals surface area contributed by atoms with Gasteiger partial charge in [-0.25, -0.2) is 0 Å². The third-order valence-corrected chi connectivity index (χ3v) is 2.98. The maximum absolute atomic E-state index is 5.39. The highest BCUT2D eigenvalue weighted by molar-refractivity contribution is 5.52. The third kappa shape index (κ3) is 5.46. The van der Waals surface area contributed by atoms with Crippen LogP contribution in [0, 0.1) is 23.7 Å². The predicted molar refractivity (Wildman–Crippen MR) is 89.4 cm³/mol. The Morgan fingerprint density at radius 3 is 2.14 bits per heavy atom. The molecule has 0 aliphatic rings. The summed E-state index contributed by atoms with van der Waals surface area (Å²) < 4.78 is 16.0. The van der Waals surface area contributed by atoms with Crippen molar-refractivity contribution in [1.82, 2.24) is 0 Å². The van der Waals surface area contributed by atoms with Crippen LogP contribution in [0.1, 0.15) is 24.8 Å². The van der Waals surface area contributed by atoms with Gasteiger partial charge in [-0.15, -0.1) is 12.5 Å². The molecule has 0 atom stereocenters. The fourth-order valence-electron chi connectivity index (χ4n) is 1.83. The van der Waals surface area contributed by atoms with Gasteiger partial charge in [-0.3, -0.25) is 0 Å². The van der Waals surface area contributed by atoms with Gasteiger partial charge in [-0.05, 0) is 6.42 Å². The fourth-order valence-corrected chi connectivity index (χ4v) is 1.83. The highest BCUT2D eigenvalue weighted by Crippen LogP contribution is 2.34. The summed E-state index contributed by atoms with van der Waals surface area (Å²) in [6.45, 7) is 3.66. The van der Waals surface area contributed by atoms with E-state index in [1.54, 1.807) is 21.3 Å². The molecule has 116 valence electrons. The molecule has 22 heavy (non-hydrogen) atoms. The van der Waals surface area contributed by atoms with E-state index in [0.717, 1.165) is 18.4 Å². The molecule has 0 fully saturated rings. The van der Waals surface area contributed by atoms with Crippen molar-refractivity contribution in [2.24, 2.45) is 0 Å². The normalized spacial score (nSPS) is 8.86. The highest BCUT2D eigenvalue weighted by atomic mass is 16.5. The molecule has 0 saturated heterocycles. The summed E-state index contributed by atoms with van der Waals surface area (Å²) in [6.07, 6.45) is 4.73. The van der Waals surface area contributed by atoms with Crippen LogP contribution in [-0.4, -0.2) is 21.3 Å². The number of rotatable bonds is 6. The highest BCUT2D eigenvalue weighted by Gasteiger charge is 2.11. The number of methoxy groups -OCH3 is 3. The minimum atomic E-state index is 0.546. The van der Waals surface area contributed by atoms with Crippen LogP contribution in [0.5, 0.6) is 17.2 Å². The van der Waals surface area contributed by atoms with Crippen LogP contribution < -0.4 is 14.2 Å². The topological polar surface area (TPSA) is 27.7 Å². The smallest absolute Gasteiger partial charge is 0.130 e. The molecule has 0 spiro atoms. The first-order chi connectivity index (χ1) is 10.8.